The summed E-state index contributed by atoms with van der Waals surface area (Å²) in [5.74, 6) is 1.83. The maximum Gasteiger partial charge on any atom is 0.164 e. The fourth-order valence-corrected chi connectivity index (χ4v) is 8.13. The topological polar surface area (TPSA) is 65.0 Å². The number of nitrogens with zero attached hydrogens (tertiary/aromatic N) is 3. The van der Waals surface area contributed by atoms with Crippen LogP contribution in [0.4, 0.5) is 0 Å². The van der Waals surface area contributed by atoms with Gasteiger partial charge >= 0.3 is 0 Å². The molecule has 10 aromatic rings. The molecule has 3 aromatic heterocycles. The van der Waals surface area contributed by atoms with Gasteiger partial charge in [0, 0.05) is 43.8 Å². The molecule has 254 valence electrons. The summed E-state index contributed by atoms with van der Waals surface area (Å²) < 4.78 is 12.8. The molecule has 10 rings (SSSR count). The van der Waals surface area contributed by atoms with Gasteiger partial charge in [-0.15, -0.1) is 16.4 Å². The van der Waals surface area contributed by atoms with Crippen molar-refractivity contribution in [2.24, 2.45) is 0 Å². The molecule has 5 nitrogen and oxygen atoms in total. The summed E-state index contributed by atoms with van der Waals surface area (Å²) in [7, 11) is 11.1. The van der Waals surface area contributed by atoms with Gasteiger partial charge in [-0.2, -0.15) is 0 Å². The van der Waals surface area contributed by atoms with E-state index in [1.807, 2.05) is 54.6 Å². The van der Waals surface area contributed by atoms with Gasteiger partial charge < -0.3 is 8.83 Å². The molecular formula is C45H32B5N3O2. The Bertz CT molecular complexity index is 3130. The van der Waals surface area contributed by atoms with E-state index in [0.717, 1.165) is 71.7 Å². The van der Waals surface area contributed by atoms with Crippen LogP contribution in [0.5, 0.6) is 0 Å². The molecule has 0 N–H and O–H groups in total. The lowest BCUT2D eigenvalue weighted by molar-refractivity contribution is 0.668. The SMILES string of the molecule is Bc1c(B)c(B)c(-c2ccc(-c3nc(-c4ccccc4)nc(-c4ccc5c(c4)oc4ccc(-c6cccc7c6oc6ccccc67)cc45)n3)cc2)c(B)c1B. The van der Waals surface area contributed by atoms with Gasteiger partial charge in [0.15, 0.2) is 17.5 Å². The molecule has 0 fully saturated rings. The summed E-state index contributed by atoms with van der Waals surface area (Å²) in [6, 6.07) is 45.8. The van der Waals surface area contributed by atoms with E-state index in [2.05, 4.69) is 118 Å². The Balaban J connectivity index is 1.06. The highest BCUT2D eigenvalue weighted by Gasteiger charge is 2.18. The average molecular weight is 701 g/mol. The van der Waals surface area contributed by atoms with Crippen molar-refractivity contribution in [1.29, 1.82) is 0 Å². The van der Waals surface area contributed by atoms with E-state index in [0.29, 0.717) is 17.5 Å². The van der Waals surface area contributed by atoms with Crippen molar-refractivity contribution in [1.82, 2.24) is 15.0 Å². The number of para-hydroxylation sites is 2. The van der Waals surface area contributed by atoms with E-state index in [4.69, 9.17) is 23.8 Å². The number of rotatable bonds is 5. The molecule has 0 aliphatic carbocycles. The predicted molar refractivity (Wildman–Crippen MR) is 242 cm³/mol. The van der Waals surface area contributed by atoms with E-state index in [9.17, 15) is 0 Å². The molecule has 0 bridgehead atoms. The van der Waals surface area contributed by atoms with Crippen LogP contribution in [-0.4, -0.2) is 54.2 Å². The zero-order valence-corrected chi connectivity index (χ0v) is 31.4. The molecule has 0 radical (unpaired) electrons. The van der Waals surface area contributed by atoms with Crippen molar-refractivity contribution < 1.29 is 8.83 Å². The Morgan fingerprint density at radius 2 is 0.891 bits per heavy atom. The van der Waals surface area contributed by atoms with Crippen LogP contribution < -0.4 is 27.3 Å². The predicted octanol–water partition coefficient (Wildman–Crippen LogP) is 3.30. The normalized spacial score (nSPS) is 11.6. The van der Waals surface area contributed by atoms with Gasteiger partial charge in [0.25, 0.3) is 0 Å². The minimum absolute atomic E-state index is 0.587. The molecule has 0 spiro atoms. The lowest BCUT2D eigenvalue weighted by Gasteiger charge is -2.20. The van der Waals surface area contributed by atoms with Gasteiger partial charge in [-0.1, -0.05) is 114 Å². The van der Waals surface area contributed by atoms with Crippen LogP contribution in [0, 0.1) is 0 Å². The minimum atomic E-state index is 0.587. The zero-order valence-electron chi connectivity index (χ0n) is 31.4. The molecule has 0 saturated heterocycles. The van der Waals surface area contributed by atoms with Gasteiger partial charge in [0.05, 0.1) is 0 Å². The van der Waals surface area contributed by atoms with Crippen molar-refractivity contribution in [2.75, 3.05) is 0 Å². The van der Waals surface area contributed by atoms with E-state index in [-0.39, 0.29) is 0 Å². The Morgan fingerprint density at radius 3 is 1.64 bits per heavy atom. The monoisotopic (exact) mass is 701 g/mol. The van der Waals surface area contributed by atoms with E-state index in [1.165, 1.54) is 38.4 Å². The zero-order chi connectivity index (χ0) is 37.4. The highest BCUT2D eigenvalue weighted by atomic mass is 16.3. The summed E-state index contributed by atoms with van der Waals surface area (Å²) in [6.07, 6.45) is 0. The molecule has 7 aromatic carbocycles. The molecule has 10 heteroatoms. The summed E-state index contributed by atoms with van der Waals surface area (Å²) in [4.78, 5) is 15.1. The lowest BCUT2D eigenvalue weighted by atomic mass is 9.59. The standard InChI is InChI=1S/C45H32B5N3O2/c46-37-36(38(47)40(49)41(50)39(37)48)23-13-15-25(16-14-23)44-51-43(24-7-2-1-3-8-24)52-45(53-44)27-17-19-30-32-21-26(18-20-34(32)54-35(30)22-27)28-10-6-11-31-29-9-4-5-12-33(29)55-42(28)31/h1-22H,46-50H2. The first-order valence-electron chi connectivity index (χ1n) is 18.7. The van der Waals surface area contributed by atoms with Gasteiger partial charge in [-0.05, 0) is 47.0 Å². The first kappa shape index (κ1) is 33.1. The summed E-state index contributed by atoms with van der Waals surface area (Å²) in [6.45, 7) is 0. The Kier molecular flexibility index (Phi) is 7.70. The van der Waals surface area contributed by atoms with E-state index < -0.39 is 0 Å². The Morgan fingerprint density at radius 1 is 0.345 bits per heavy atom. The molecule has 0 atom stereocenters. The molecule has 0 aliphatic heterocycles. The summed E-state index contributed by atoms with van der Waals surface area (Å²) in [5, 5.41) is 4.29. The average Bonchev–Trinajstić information content (AvgIpc) is 3.80. The molecule has 0 unspecified atom stereocenters. The third-order valence-corrected chi connectivity index (χ3v) is 11.5. The van der Waals surface area contributed by atoms with Crippen LogP contribution in [0.3, 0.4) is 0 Å². The largest absolute Gasteiger partial charge is 0.456 e. The lowest BCUT2D eigenvalue weighted by Crippen LogP contribution is -2.55. The van der Waals surface area contributed by atoms with E-state index in [1.54, 1.807) is 0 Å². The second kappa shape index (κ2) is 12.8. The van der Waals surface area contributed by atoms with Crippen molar-refractivity contribution >= 4 is 110 Å². The number of hydrogen-bond donors (Lipinski definition) is 0. The van der Waals surface area contributed by atoms with Crippen molar-refractivity contribution in [3.63, 3.8) is 0 Å². The number of aromatic nitrogens is 3. The second-order valence-corrected chi connectivity index (χ2v) is 14.6. The first-order valence-corrected chi connectivity index (χ1v) is 18.7. The number of hydrogen-bond acceptors (Lipinski definition) is 5. The number of furan rings is 2. The van der Waals surface area contributed by atoms with Crippen LogP contribution in [0.2, 0.25) is 0 Å². The highest BCUT2D eigenvalue weighted by Crippen LogP contribution is 2.39. The summed E-state index contributed by atoms with van der Waals surface area (Å²) in [5.41, 5.74) is 17.4. The number of fused-ring (bicyclic) bond motifs is 6. The van der Waals surface area contributed by atoms with Crippen LogP contribution in [0.1, 0.15) is 0 Å². The van der Waals surface area contributed by atoms with Crippen LogP contribution >= 0.6 is 0 Å². The first-order chi connectivity index (χ1) is 26.8. The Labute approximate surface area is 322 Å². The fourth-order valence-electron chi connectivity index (χ4n) is 8.13. The third kappa shape index (κ3) is 5.43. The summed E-state index contributed by atoms with van der Waals surface area (Å²) >= 11 is 0. The third-order valence-electron chi connectivity index (χ3n) is 11.5. The molecular weight excluding hydrogens is 669 g/mol. The van der Waals surface area contributed by atoms with Crippen molar-refractivity contribution in [3.05, 3.63) is 133 Å². The van der Waals surface area contributed by atoms with Gasteiger partial charge in [-0.3, -0.25) is 0 Å². The van der Waals surface area contributed by atoms with Crippen LogP contribution in [0.25, 0.3) is 100 Å². The van der Waals surface area contributed by atoms with Crippen molar-refractivity contribution in [3.8, 4) is 56.4 Å². The molecule has 0 amide bonds. The van der Waals surface area contributed by atoms with Gasteiger partial charge in [0.2, 0.25) is 0 Å². The smallest absolute Gasteiger partial charge is 0.164 e. The van der Waals surface area contributed by atoms with E-state index >= 15 is 0 Å². The maximum absolute atomic E-state index is 6.47. The molecule has 55 heavy (non-hydrogen) atoms. The molecule has 3 heterocycles. The van der Waals surface area contributed by atoms with Gasteiger partial charge in [0.1, 0.15) is 61.6 Å². The van der Waals surface area contributed by atoms with Crippen LogP contribution in [-0.2, 0) is 0 Å². The number of benzene rings is 7. The fraction of sp³-hybridized carbons (Fsp3) is 0. The quantitative estimate of drug-likeness (QED) is 0.258. The minimum Gasteiger partial charge on any atom is -0.456 e. The van der Waals surface area contributed by atoms with Crippen molar-refractivity contribution in [2.45, 2.75) is 0 Å². The second-order valence-electron chi connectivity index (χ2n) is 14.6. The highest BCUT2D eigenvalue weighted by molar-refractivity contribution is 6.68. The Hall–Kier alpha value is -6.53. The maximum atomic E-state index is 6.47. The molecule has 0 aliphatic rings. The molecule has 0 saturated carbocycles. The van der Waals surface area contributed by atoms with Crippen LogP contribution in [0.15, 0.2) is 142 Å². The van der Waals surface area contributed by atoms with Gasteiger partial charge in [-0.25, -0.2) is 15.0 Å².